The number of esters is 1. The van der Waals surface area contributed by atoms with Crippen molar-refractivity contribution in [2.75, 3.05) is 7.11 Å². The summed E-state index contributed by atoms with van der Waals surface area (Å²) in [5.74, 6) is -0.635. The van der Waals surface area contributed by atoms with Gasteiger partial charge in [0.05, 0.1) is 18.2 Å². The average molecular weight is 375 g/mol. The monoisotopic (exact) mass is 375 g/mol. The molecule has 1 N–H and O–H groups in total. The second kappa shape index (κ2) is 8.70. The van der Waals surface area contributed by atoms with Crippen molar-refractivity contribution in [3.63, 3.8) is 0 Å². The molecule has 0 aliphatic carbocycles. The van der Waals surface area contributed by atoms with Crippen LogP contribution in [0, 0.1) is 13.8 Å². The first kappa shape index (κ1) is 19.6. The summed E-state index contributed by atoms with van der Waals surface area (Å²) in [4.78, 5) is 28.7. The molecule has 0 unspecified atom stereocenters. The van der Waals surface area contributed by atoms with Gasteiger partial charge in [-0.15, -0.1) is 0 Å². The molecule has 28 heavy (non-hydrogen) atoms. The molecule has 0 bridgehead atoms. The highest BCUT2D eigenvalue weighted by Crippen LogP contribution is 2.25. The van der Waals surface area contributed by atoms with Crippen molar-refractivity contribution in [3.05, 3.63) is 93.8 Å². The molecule has 0 amide bonds. The Balaban J connectivity index is 1.87. The Labute approximate surface area is 165 Å². The van der Waals surface area contributed by atoms with Crippen molar-refractivity contribution in [2.45, 2.75) is 33.1 Å². The fourth-order valence-corrected chi connectivity index (χ4v) is 3.64. The maximum Gasteiger partial charge on any atom is 0.340 e. The van der Waals surface area contributed by atoms with E-state index in [4.69, 9.17) is 4.74 Å². The van der Waals surface area contributed by atoms with Gasteiger partial charge in [-0.2, -0.15) is 0 Å². The van der Waals surface area contributed by atoms with Crippen LogP contribution in [0.1, 0.15) is 55.2 Å². The minimum atomic E-state index is -0.494. The molecular formula is C24H25NO3. The standard InChI is InChI=1S/C24H25NO3/c1-16-21(22(17(2)25-16)24(27)28-3)23(26)20-15-8-7-13-19(20)14-9-12-18-10-5-4-6-11-18/h4-8,10-11,13,15,25H,9,12,14H2,1-3H3. The van der Waals surface area contributed by atoms with Crippen LogP contribution in [-0.2, 0) is 17.6 Å². The van der Waals surface area contributed by atoms with E-state index in [2.05, 4.69) is 17.1 Å². The number of aromatic nitrogens is 1. The minimum absolute atomic E-state index is 0.141. The molecule has 0 atom stereocenters. The Hall–Kier alpha value is -3.14. The fourth-order valence-electron chi connectivity index (χ4n) is 3.64. The van der Waals surface area contributed by atoms with Crippen LogP contribution in [0.3, 0.4) is 0 Å². The number of ketones is 1. The quantitative estimate of drug-likeness (QED) is 0.475. The third-order valence-corrected chi connectivity index (χ3v) is 5.01. The van der Waals surface area contributed by atoms with Gasteiger partial charge in [-0.1, -0.05) is 54.6 Å². The minimum Gasteiger partial charge on any atom is -0.465 e. The van der Waals surface area contributed by atoms with Crippen molar-refractivity contribution in [1.29, 1.82) is 0 Å². The number of aromatic amines is 1. The third-order valence-electron chi connectivity index (χ3n) is 5.01. The molecular weight excluding hydrogens is 350 g/mol. The first-order chi connectivity index (χ1) is 13.5. The number of rotatable bonds is 7. The van der Waals surface area contributed by atoms with Gasteiger partial charge in [0, 0.05) is 17.0 Å². The number of nitrogens with one attached hydrogen (secondary N) is 1. The van der Waals surface area contributed by atoms with Crippen molar-refractivity contribution >= 4 is 11.8 Å². The van der Waals surface area contributed by atoms with Crippen molar-refractivity contribution < 1.29 is 14.3 Å². The largest absolute Gasteiger partial charge is 0.465 e. The van der Waals surface area contributed by atoms with Crippen LogP contribution in [0.4, 0.5) is 0 Å². The lowest BCUT2D eigenvalue weighted by Crippen LogP contribution is -2.13. The molecule has 0 radical (unpaired) electrons. The highest BCUT2D eigenvalue weighted by molar-refractivity contribution is 6.16. The zero-order valence-electron chi connectivity index (χ0n) is 16.5. The number of H-pyrrole nitrogens is 1. The topological polar surface area (TPSA) is 59.2 Å². The van der Waals surface area contributed by atoms with Gasteiger partial charge in [0.25, 0.3) is 0 Å². The highest BCUT2D eigenvalue weighted by atomic mass is 16.5. The Morgan fingerprint density at radius 3 is 2.21 bits per heavy atom. The molecule has 1 aromatic heterocycles. The Morgan fingerprint density at radius 1 is 0.857 bits per heavy atom. The SMILES string of the molecule is COC(=O)c1c(C)[nH]c(C)c1C(=O)c1ccccc1CCCc1ccccc1. The van der Waals surface area contributed by atoms with Crippen LogP contribution in [-0.4, -0.2) is 23.8 Å². The number of ether oxygens (including phenoxy) is 1. The third kappa shape index (κ3) is 4.06. The zero-order valence-corrected chi connectivity index (χ0v) is 16.5. The summed E-state index contributed by atoms with van der Waals surface area (Å²) in [6.45, 7) is 3.59. The van der Waals surface area contributed by atoms with E-state index in [1.165, 1.54) is 12.7 Å². The van der Waals surface area contributed by atoms with Gasteiger partial charge < -0.3 is 9.72 Å². The van der Waals surface area contributed by atoms with E-state index in [9.17, 15) is 9.59 Å². The number of hydrogen-bond acceptors (Lipinski definition) is 3. The van der Waals surface area contributed by atoms with E-state index < -0.39 is 5.97 Å². The Bertz CT molecular complexity index is 986. The second-order valence-electron chi connectivity index (χ2n) is 6.94. The molecule has 0 saturated heterocycles. The van der Waals surface area contributed by atoms with E-state index in [1.807, 2.05) is 49.4 Å². The number of benzene rings is 2. The number of hydrogen-bond donors (Lipinski definition) is 1. The number of aryl methyl sites for hydroxylation is 4. The molecule has 144 valence electrons. The van der Waals surface area contributed by atoms with Gasteiger partial charge in [0.2, 0.25) is 0 Å². The normalized spacial score (nSPS) is 10.7. The number of carbonyl (C=O) groups is 2. The van der Waals surface area contributed by atoms with Crippen LogP contribution in [0.2, 0.25) is 0 Å². The lowest BCUT2D eigenvalue weighted by molar-refractivity contribution is 0.0597. The van der Waals surface area contributed by atoms with Gasteiger partial charge >= 0.3 is 5.97 Å². The summed E-state index contributed by atoms with van der Waals surface area (Å²) < 4.78 is 4.89. The molecule has 1 heterocycles. The summed E-state index contributed by atoms with van der Waals surface area (Å²) in [5, 5.41) is 0. The maximum atomic E-state index is 13.3. The van der Waals surface area contributed by atoms with Gasteiger partial charge in [-0.05, 0) is 44.2 Å². The van der Waals surface area contributed by atoms with Crippen LogP contribution >= 0.6 is 0 Å². The van der Waals surface area contributed by atoms with E-state index in [0.717, 1.165) is 24.8 Å². The van der Waals surface area contributed by atoms with Crippen LogP contribution in [0.15, 0.2) is 54.6 Å². The van der Waals surface area contributed by atoms with Crippen LogP contribution in [0.25, 0.3) is 0 Å². The number of carbonyl (C=O) groups excluding carboxylic acids is 2. The van der Waals surface area contributed by atoms with Crippen molar-refractivity contribution in [2.24, 2.45) is 0 Å². The van der Waals surface area contributed by atoms with Crippen molar-refractivity contribution in [3.8, 4) is 0 Å². The zero-order chi connectivity index (χ0) is 20.1. The molecule has 3 aromatic rings. The van der Waals surface area contributed by atoms with Gasteiger partial charge in [0.15, 0.2) is 5.78 Å². The summed E-state index contributed by atoms with van der Waals surface area (Å²) in [7, 11) is 1.33. The van der Waals surface area contributed by atoms with Gasteiger partial charge in [-0.25, -0.2) is 4.79 Å². The molecule has 4 nitrogen and oxygen atoms in total. The highest BCUT2D eigenvalue weighted by Gasteiger charge is 2.26. The Kier molecular flexibility index (Phi) is 6.09. The second-order valence-corrected chi connectivity index (χ2v) is 6.94. The fraction of sp³-hybridized carbons (Fsp3) is 0.250. The average Bonchev–Trinajstić information content (AvgIpc) is 3.01. The smallest absolute Gasteiger partial charge is 0.340 e. The summed E-state index contributed by atoms with van der Waals surface area (Å²) in [6, 6.07) is 18.0. The molecule has 0 fully saturated rings. The lowest BCUT2D eigenvalue weighted by Gasteiger charge is -2.10. The van der Waals surface area contributed by atoms with E-state index >= 15 is 0 Å². The Morgan fingerprint density at radius 2 is 1.50 bits per heavy atom. The van der Waals surface area contributed by atoms with E-state index in [1.54, 1.807) is 6.92 Å². The summed E-state index contributed by atoms with van der Waals surface area (Å²) in [5.41, 5.74) is 4.98. The molecule has 0 aliphatic rings. The molecule has 3 rings (SSSR count). The first-order valence-corrected chi connectivity index (χ1v) is 9.47. The predicted octanol–water partition coefficient (Wildman–Crippen LogP) is 4.82. The lowest BCUT2D eigenvalue weighted by atomic mass is 9.92. The molecule has 0 aliphatic heterocycles. The molecule has 0 saturated carbocycles. The molecule has 0 spiro atoms. The predicted molar refractivity (Wildman–Crippen MR) is 110 cm³/mol. The number of methoxy groups -OCH3 is 1. The molecule has 4 heteroatoms. The van der Waals surface area contributed by atoms with Crippen molar-refractivity contribution in [1.82, 2.24) is 4.98 Å². The molecule has 2 aromatic carbocycles. The van der Waals surface area contributed by atoms with Gasteiger partial charge in [-0.3, -0.25) is 4.79 Å². The van der Waals surface area contributed by atoms with Crippen LogP contribution < -0.4 is 0 Å². The summed E-state index contributed by atoms with van der Waals surface area (Å²) in [6.07, 6.45) is 2.70. The van der Waals surface area contributed by atoms with Crippen LogP contribution in [0.5, 0.6) is 0 Å². The maximum absolute atomic E-state index is 13.3. The van der Waals surface area contributed by atoms with E-state index in [-0.39, 0.29) is 5.78 Å². The first-order valence-electron chi connectivity index (χ1n) is 9.47. The van der Waals surface area contributed by atoms with Gasteiger partial charge in [0.1, 0.15) is 0 Å². The summed E-state index contributed by atoms with van der Waals surface area (Å²) >= 11 is 0. The van der Waals surface area contributed by atoms with E-state index in [0.29, 0.717) is 28.1 Å².